The lowest BCUT2D eigenvalue weighted by molar-refractivity contribution is 0.203. The molecule has 1 N–H and O–H groups in total. The highest BCUT2D eigenvalue weighted by Crippen LogP contribution is 2.33. The molecule has 1 fully saturated rings. The Balaban J connectivity index is 2.05. The second-order valence-electron chi connectivity index (χ2n) is 5.08. The van der Waals surface area contributed by atoms with E-state index in [1.165, 1.54) is 23.8 Å². The van der Waals surface area contributed by atoms with Gasteiger partial charge in [0.2, 0.25) is 0 Å². The summed E-state index contributed by atoms with van der Waals surface area (Å²) in [6, 6.07) is 0. The molecule has 130 valence electrons. The molecule has 2 heterocycles. The first-order chi connectivity index (χ1) is 11.0. The molecule has 10 heteroatoms. The summed E-state index contributed by atoms with van der Waals surface area (Å²) < 4.78 is 33.4. The van der Waals surface area contributed by atoms with Crippen LogP contribution in [0.1, 0.15) is 6.42 Å². The van der Waals surface area contributed by atoms with E-state index >= 15 is 0 Å². The van der Waals surface area contributed by atoms with Gasteiger partial charge in [-0.1, -0.05) is 23.2 Å². The highest BCUT2D eigenvalue weighted by atomic mass is 35.5. The van der Waals surface area contributed by atoms with Crippen LogP contribution < -0.4 is 9.62 Å². The summed E-state index contributed by atoms with van der Waals surface area (Å²) in [6.07, 6.45) is 3.75. The van der Waals surface area contributed by atoms with Gasteiger partial charge in [0.15, 0.2) is 0 Å². The number of anilines is 1. The first-order valence-corrected chi connectivity index (χ1v) is 9.43. The number of ether oxygens (including phenoxy) is 1. The van der Waals surface area contributed by atoms with Gasteiger partial charge < -0.3 is 9.64 Å². The summed E-state index contributed by atoms with van der Waals surface area (Å²) in [5.74, 6) is 0. The van der Waals surface area contributed by atoms with Crippen molar-refractivity contribution < 1.29 is 13.2 Å². The minimum atomic E-state index is -3.51. The molecular formula is C13H20Cl2N4O3S. The summed E-state index contributed by atoms with van der Waals surface area (Å²) >= 11 is 12.4. The van der Waals surface area contributed by atoms with E-state index in [0.29, 0.717) is 54.9 Å². The minimum absolute atomic E-state index is 0.251. The molecule has 0 aromatic carbocycles. The number of nitrogens with one attached hydrogen (secondary N) is 1. The maximum Gasteiger partial charge on any atom is 0.279 e. The number of hydrogen-bond donors (Lipinski definition) is 1. The molecule has 1 aliphatic rings. The second kappa shape index (κ2) is 8.46. The molecule has 1 aliphatic heterocycles. The number of methoxy groups -OCH3 is 1. The van der Waals surface area contributed by atoms with Crippen LogP contribution in [0.4, 0.5) is 5.69 Å². The van der Waals surface area contributed by atoms with Crippen LogP contribution in [0.3, 0.4) is 0 Å². The highest BCUT2D eigenvalue weighted by molar-refractivity contribution is 7.87. The van der Waals surface area contributed by atoms with E-state index in [1.54, 1.807) is 0 Å². The van der Waals surface area contributed by atoms with Gasteiger partial charge in [-0.15, -0.1) is 0 Å². The van der Waals surface area contributed by atoms with Crippen molar-refractivity contribution in [1.82, 2.24) is 14.0 Å². The molecule has 0 bridgehead atoms. The van der Waals surface area contributed by atoms with E-state index in [-0.39, 0.29) is 6.54 Å². The third-order valence-electron chi connectivity index (χ3n) is 3.53. The van der Waals surface area contributed by atoms with Gasteiger partial charge in [0, 0.05) is 52.2 Å². The van der Waals surface area contributed by atoms with Gasteiger partial charge in [-0.25, -0.2) is 0 Å². The monoisotopic (exact) mass is 382 g/mol. The number of halogens is 2. The Morgan fingerprint density at radius 2 is 1.91 bits per heavy atom. The standard InChI is InChI=1S/C13H20Cl2N4O3S/c1-22-8-3-17-23(20,21)19-5-2-4-18(6-7-19)13-11(14)9-16-10-12(13)15/h9-10,17H,2-8H2,1H3. The molecule has 0 spiro atoms. The second-order valence-corrected chi connectivity index (χ2v) is 7.65. The predicted octanol–water partition coefficient (Wildman–Crippen LogP) is 1.38. The van der Waals surface area contributed by atoms with Crippen molar-refractivity contribution in [2.24, 2.45) is 0 Å². The van der Waals surface area contributed by atoms with Crippen LogP contribution in [0.25, 0.3) is 0 Å². The quantitative estimate of drug-likeness (QED) is 0.752. The Morgan fingerprint density at radius 3 is 2.57 bits per heavy atom. The zero-order valence-electron chi connectivity index (χ0n) is 12.8. The van der Waals surface area contributed by atoms with Crippen molar-refractivity contribution in [2.45, 2.75) is 6.42 Å². The number of pyridine rings is 1. The van der Waals surface area contributed by atoms with Gasteiger partial charge in [0.1, 0.15) is 0 Å². The van der Waals surface area contributed by atoms with Crippen molar-refractivity contribution in [3.05, 3.63) is 22.4 Å². The van der Waals surface area contributed by atoms with Crippen LogP contribution in [0.5, 0.6) is 0 Å². The highest BCUT2D eigenvalue weighted by Gasteiger charge is 2.26. The number of nitrogens with zero attached hydrogens (tertiary/aromatic N) is 3. The molecule has 2 rings (SSSR count). The molecule has 0 unspecified atom stereocenters. The third-order valence-corrected chi connectivity index (χ3v) is 5.70. The van der Waals surface area contributed by atoms with Crippen LogP contribution >= 0.6 is 23.2 Å². The molecule has 23 heavy (non-hydrogen) atoms. The molecular weight excluding hydrogens is 363 g/mol. The predicted molar refractivity (Wildman–Crippen MR) is 91.5 cm³/mol. The fourth-order valence-corrected chi connectivity index (χ4v) is 4.25. The molecule has 1 aromatic heterocycles. The Hall–Kier alpha value is -0.640. The van der Waals surface area contributed by atoms with Crippen molar-refractivity contribution >= 4 is 39.1 Å². The molecule has 1 saturated heterocycles. The van der Waals surface area contributed by atoms with E-state index in [0.717, 1.165) is 0 Å². The first kappa shape index (κ1) is 18.7. The van der Waals surface area contributed by atoms with E-state index in [1.807, 2.05) is 4.90 Å². The SMILES string of the molecule is COCCNS(=O)(=O)N1CCCN(c2c(Cl)cncc2Cl)CC1. The van der Waals surface area contributed by atoms with Crippen LogP contribution in [-0.4, -0.2) is 64.1 Å². The lowest BCUT2D eigenvalue weighted by atomic mass is 10.3. The Labute approximate surface area is 146 Å². The molecule has 0 saturated carbocycles. The Kier molecular flexibility index (Phi) is 6.87. The fourth-order valence-electron chi connectivity index (χ4n) is 2.43. The van der Waals surface area contributed by atoms with Gasteiger partial charge >= 0.3 is 0 Å². The van der Waals surface area contributed by atoms with Crippen molar-refractivity contribution in [2.75, 3.05) is 51.3 Å². The average Bonchev–Trinajstić information content (AvgIpc) is 2.74. The number of hydrogen-bond acceptors (Lipinski definition) is 5. The number of aromatic nitrogens is 1. The van der Waals surface area contributed by atoms with E-state index < -0.39 is 10.2 Å². The first-order valence-electron chi connectivity index (χ1n) is 7.23. The van der Waals surface area contributed by atoms with E-state index in [4.69, 9.17) is 27.9 Å². The maximum atomic E-state index is 12.3. The van der Waals surface area contributed by atoms with Gasteiger partial charge in [0.05, 0.1) is 22.3 Å². The van der Waals surface area contributed by atoms with Crippen molar-refractivity contribution in [1.29, 1.82) is 0 Å². The Morgan fingerprint density at radius 1 is 1.22 bits per heavy atom. The lowest BCUT2D eigenvalue weighted by Gasteiger charge is -2.25. The van der Waals surface area contributed by atoms with Crippen molar-refractivity contribution in [3.63, 3.8) is 0 Å². The van der Waals surface area contributed by atoms with E-state index in [2.05, 4.69) is 9.71 Å². The topological polar surface area (TPSA) is 74.8 Å². The fraction of sp³-hybridized carbons (Fsp3) is 0.615. The Bertz CT molecular complexity index is 609. The zero-order chi connectivity index (χ0) is 16.9. The van der Waals surface area contributed by atoms with Gasteiger partial charge in [-0.05, 0) is 6.42 Å². The molecule has 0 aliphatic carbocycles. The normalized spacial score (nSPS) is 17.3. The molecule has 1 aromatic rings. The molecule has 0 amide bonds. The van der Waals surface area contributed by atoms with Gasteiger partial charge in [0.25, 0.3) is 10.2 Å². The minimum Gasteiger partial charge on any atom is -0.383 e. The van der Waals surface area contributed by atoms with Crippen LogP contribution in [-0.2, 0) is 14.9 Å². The van der Waals surface area contributed by atoms with Gasteiger partial charge in [-0.2, -0.15) is 17.4 Å². The summed E-state index contributed by atoms with van der Waals surface area (Å²) in [4.78, 5) is 5.94. The van der Waals surface area contributed by atoms with E-state index in [9.17, 15) is 8.42 Å². The largest absolute Gasteiger partial charge is 0.383 e. The summed E-state index contributed by atoms with van der Waals surface area (Å²) in [6.45, 7) is 2.57. The van der Waals surface area contributed by atoms with Gasteiger partial charge in [-0.3, -0.25) is 4.98 Å². The van der Waals surface area contributed by atoms with Crippen molar-refractivity contribution in [3.8, 4) is 0 Å². The maximum absolute atomic E-state index is 12.3. The van der Waals surface area contributed by atoms with Crippen LogP contribution in [0.15, 0.2) is 12.4 Å². The molecule has 7 nitrogen and oxygen atoms in total. The lowest BCUT2D eigenvalue weighted by Crippen LogP contribution is -2.43. The molecule has 0 atom stereocenters. The van der Waals surface area contributed by atoms with Crippen LogP contribution in [0, 0.1) is 0 Å². The van der Waals surface area contributed by atoms with Crippen LogP contribution in [0.2, 0.25) is 10.0 Å². The third kappa shape index (κ3) is 4.91. The summed E-state index contributed by atoms with van der Waals surface area (Å²) in [7, 11) is -1.98. The number of rotatable bonds is 6. The average molecular weight is 383 g/mol. The smallest absolute Gasteiger partial charge is 0.279 e. The summed E-state index contributed by atoms with van der Waals surface area (Å²) in [5, 5.41) is 0.930. The summed E-state index contributed by atoms with van der Waals surface area (Å²) in [5.41, 5.74) is 0.704. The zero-order valence-corrected chi connectivity index (χ0v) is 15.2. The molecule has 0 radical (unpaired) electrons.